The molecule has 0 aliphatic rings. The summed E-state index contributed by atoms with van der Waals surface area (Å²) in [5.74, 6) is 1.15. The van der Waals surface area contributed by atoms with Crippen LogP contribution in [0, 0.1) is 0 Å². The van der Waals surface area contributed by atoms with Crippen molar-refractivity contribution in [2.45, 2.75) is 32.8 Å². The molecule has 0 saturated heterocycles. The molecule has 1 aromatic heterocycles. The molecule has 5 nitrogen and oxygen atoms in total. The van der Waals surface area contributed by atoms with Crippen LogP contribution in [-0.2, 0) is 4.79 Å². The average Bonchev–Trinajstić information content (AvgIpc) is 2.90. The van der Waals surface area contributed by atoms with Crippen molar-refractivity contribution in [3.63, 3.8) is 0 Å². The molecule has 1 heterocycles. The molecule has 0 fully saturated rings. The van der Waals surface area contributed by atoms with Crippen molar-refractivity contribution in [1.82, 2.24) is 10.2 Å². The smallest absolute Gasteiger partial charge is 0.266 e. The minimum absolute atomic E-state index is 0.258. The lowest BCUT2D eigenvalue weighted by atomic mass is 10.1. The van der Waals surface area contributed by atoms with E-state index in [9.17, 15) is 4.79 Å². The Bertz CT molecular complexity index is 608. The molecule has 1 unspecified atom stereocenters. The van der Waals surface area contributed by atoms with E-state index in [1.54, 1.807) is 31.2 Å². The van der Waals surface area contributed by atoms with Gasteiger partial charge in [0.05, 0.1) is 0 Å². The first kappa shape index (κ1) is 15.4. The predicted molar refractivity (Wildman–Crippen MR) is 82.8 cm³/mol. The lowest BCUT2D eigenvalue weighted by Gasteiger charge is -2.13. The van der Waals surface area contributed by atoms with Crippen LogP contribution in [0.4, 0.5) is 5.82 Å². The van der Waals surface area contributed by atoms with Gasteiger partial charge in [-0.2, -0.15) is 5.10 Å². The van der Waals surface area contributed by atoms with Crippen LogP contribution in [0.15, 0.2) is 30.3 Å². The van der Waals surface area contributed by atoms with Gasteiger partial charge in [0.1, 0.15) is 5.75 Å². The number of benzene rings is 1. The summed E-state index contributed by atoms with van der Waals surface area (Å²) >= 11 is 5.80. The molecule has 21 heavy (non-hydrogen) atoms. The molecule has 1 atom stereocenters. The molecular weight excluding hydrogens is 290 g/mol. The van der Waals surface area contributed by atoms with Gasteiger partial charge < -0.3 is 10.1 Å². The number of amides is 1. The second-order valence-electron chi connectivity index (χ2n) is 5.07. The number of hydrogen-bond donors (Lipinski definition) is 2. The third kappa shape index (κ3) is 4.23. The van der Waals surface area contributed by atoms with Gasteiger partial charge in [-0.05, 0) is 37.1 Å². The Morgan fingerprint density at radius 2 is 1.95 bits per heavy atom. The second-order valence-corrected chi connectivity index (χ2v) is 5.50. The Balaban J connectivity index is 1.94. The number of aromatic amines is 1. The molecule has 0 bridgehead atoms. The van der Waals surface area contributed by atoms with Gasteiger partial charge in [0.2, 0.25) is 0 Å². The Hall–Kier alpha value is -2.01. The minimum Gasteiger partial charge on any atom is -0.481 e. The molecule has 1 aromatic carbocycles. The number of anilines is 1. The Kier molecular flexibility index (Phi) is 4.85. The lowest BCUT2D eigenvalue weighted by Crippen LogP contribution is -2.30. The van der Waals surface area contributed by atoms with E-state index in [4.69, 9.17) is 16.3 Å². The van der Waals surface area contributed by atoms with E-state index >= 15 is 0 Å². The zero-order valence-electron chi connectivity index (χ0n) is 12.2. The zero-order valence-corrected chi connectivity index (χ0v) is 12.9. The predicted octanol–water partition coefficient (Wildman–Crippen LogP) is 3.59. The third-order valence-electron chi connectivity index (χ3n) is 2.97. The van der Waals surface area contributed by atoms with Gasteiger partial charge in [-0.3, -0.25) is 9.89 Å². The van der Waals surface area contributed by atoms with Gasteiger partial charge in [0, 0.05) is 16.8 Å². The van der Waals surface area contributed by atoms with E-state index < -0.39 is 6.10 Å². The lowest BCUT2D eigenvalue weighted by molar-refractivity contribution is -0.122. The van der Waals surface area contributed by atoms with E-state index in [2.05, 4.69) is 15.5 Å². The van der Waals surface area contributed by atoms with Gasteiger partial charge >= 0.3 is 0 Å². The highest BCUT2D eigenvalue weighted by Gasteiger charge is 2.16. The summed E-state index contributed by atoms with van der Waals surface area (Å²) in [7, 11) is 0. The highest BCUT2D eigenvalue weighted by molar-refractivity contribution is 6.30. The fourth-order valence-electron chi connectivity index (χ4n) is 1.70. The van der Waals surface area contributed by atoms with Crippen LogP contribution >= 0.6 is 11.6 Å². The maximum absolute atomic E-state index is 12.0. The normalized spacial score (nSPS) is 12.2. The number of aromatic nitrogens is 2. The highest BCUT2D eigenvalue weighted by Crippen LogP contribution is 2.18. The quantitative estimate of drug-likeness (QED) is 0.887. The first-order valence-electron chi connectivity index (χ1n) is 6.74. The van der Waals surface area contributed by atoms with Crippen LogP contribution < -0.4 is 10.1 Å². The fourth-order valence-corrected chi connectivity index (χ4v) is 1.82. The van der Waals surface area contributed by atoms with Crippen molar-refractivity contribution in [3.8, 4) is 5.75 Å². The Morgan fingerprint density at radius 3 is 2.52 bits per heavy atom. The Labute approximate surface area is 128 Å². The monoisotopic (exact) mass is 307 g/mol. The first-order valence-corrected chi connectivity index (χ1v) is 7.12. The van der Waals surface area contributed by atoms with Crippen molar-refractivity contribution in [2.24, 2.45) is 0 Å². The van der Waals surface area contributed by atoms with Gasteiger partial charge in [-0.15, -0.1) is 0 Å². The summed E-state index contributed by atoms with van der Waals surface area (Å²) in [6.45, 7) is 5.77. The molecule has 2 N–H and O–H groups in total. The SMILES string of the molecule is CC(Oc1ccc(Cl)cc1)C(=O)Nc1cc(C(C)C)[nH]n1. The molecule has 0 radical (unpaired) electrons. The molecule has 2 aromatic rings. The maximum Gasteiger partial charge on any atom is 0.266 e. The van der Waals surface area contributed by atoms with Gasteiger partial charge in [0.15, 0.2) is 11.9 Å². The van der Waals surface area contributed by atoms with E-state index in [1.165, 1.54) is 0 Å². The van der Waals surface area contributed by atoms with E-state index in [1.807, 2.05) is 19.9 Å². The third-order valence-corrected chi connectivity index (χ3v) is 3.22. The zero-order chi connectivity index (χ0) is 15.4. The number of ether oxygens (including phenoxy) is 1. The van der Waals surface area contributed by atoms with Gasteiger partial charge in [0.25, 0.3) is 5.91 Å². The fraction of sp³-hybridized carbons (Fsp3) is 0.333. The van der Waals surface area contributed by atoms with E-state index in [0.29, 0.717) is 22.5 Å². The standard InChI is InChI=1S/C15H18ClN3O2/c1-9(2)13-8-14(19-18-13)17-15(20)10(3)21-12-6-4-11(16)5-7-12/h4-10H,1-3H3,(H2,17,18,19,20). The molecule has 2 rings (SSSR count). The minimum atomic E-state index is -0.634. The summed E-state index contributed by atoms with van der Waals surface area (Å²) in [6.07, 6.45) is -0.634. The number of halogens is 1. The number of hydrogen-bond acceptors (Lipinski definition) is 3. The van der Waals surface area contributed by atoms with Crippen molar-refractivity contribution in [1.29, 1.82) is 0 Å². The van der Waals surface area contributed by atoms with Crippen LogP contribution in [-0.4, -0.2) is 22.2 Å². The summed E-state index contributed by atoms with van der Waals surface area (Å²) in [5.41, 5.74) is 0.969. The molecule has 1 amide bonds. The second kappa shape index (κ2) is 6.63. The molecule has 0 aliphatic heterocycles. The van der Waals surface area contributed by atoms with Crippen LogP contribution in [0.2, 0.25) is 5.02 Å². The van der Waals surface area contributed by atoms with Gasteiger partial charge in [-0.25, -0.2) is 0 Å². The molecule has 0 saturated carbocycles. The number of H-pyrrole nitrogens is 1. The van der Waals surface area contributed by atoms with Crippen LogP contribution in [0.25, 0.3) is 0 Å². The van der Waals surface area contributed by atoms with Crippen molar-refractivity contribution < 1.29 is 9.53 Å². The largest absolute Gasteiger partial charge is 0.481 e. The topological polar surface area (TPSA) is 67.0 Å². The van der Waals surface area contributed by atoms with Crippen molar-refractivity contribution in [3.05, 3.63) is 41.0 Å². The number of nitrogens with zero attached hydrogens (tertiary/aromatic N) is 1. The summed E-state index contributed by atoms with van der Waals surface area (Å²) in [5, 5.41) is 10.3. The van der Waals surface area contributed by atoms with Crippen LogP contribution in [0.1, 0.15) is 32.4 Å². The van der Waals surface area contributed by atoms with Crippen molar-refractivity contribution >= 4 is 23.3 Å². The number of carbonyl (C=O) groups excluding carboxylic acids is 1. The molecule has 0 spiro atoms. The highest BCUT2D eigenvalue weighted by atomic mass is 35.5. The first-order chi connectivity index (χ1) is 9.95. The molecular formula is C15H18ClN3O2. The Morgan fingerprint density at radius 1 is 1.29 bits per heavy atom. The average molecular weight is 308 g/mol. The van der Waals surface area contributed by atoms with E-state index in [-0.39, 0.29) is 5.91 Å². The maximum atomic E-state index is 12.0. The molecule has 112 valence electrons. The summed E-state index contributed by atoms with van der Waals surface area (Å²) in [6, 6.07) is 8.68. The summed E-state index contributed by atoms with van der Waals surface area (Å²) in [4.78, 5) is 12.0. The van der Waals surface area contributed by atoms with Crippen molar-refractivity contribution in [2.75, 3.05) is 5.32 Å². The van der Waals surface area contributed by atoms with Crippen LogP contribution in [0.3, 0.4) is 0 Å². The molecule has 0 aliphatic carbocycles. The number of carbonyl (C=O) groups is 1. The number of rotatable bonds is 5. The van der Waals surface area contributed by atoms with Crippen LogP contribution in [0.5, 0.6) is 5.75 Å². The molecule has 6 heteroatoms. The number of nitrogens with one attached hydrogen (secondary N) is 2. The summed E-state index contributed by atoms with van der Waals surface area (Å²) < 4.78 is 5.55. The van der Waals surface area contributed by atoms with Gasteiger partial charge in [-0.1, -0.05) is 25.4 Å². The van der Waals surface area contributed by atoms with E-state index in [0.717, 1.165) is 5.69 Å².